The molecule has 226 valence electrons. The van der Waals surface area contributed by atoms with Crippen LogP contribution in [0.25, 0.3) is 0 Å². The second kappa shape index (κ2) is 10.4. The minimum absolute atomic E-state index is 0.0232. The summed E-state index contributed by atoms with van der Waals surface area (Å²) in [5, 5.41) is 3.37. The van der Waals surface area contributed by atoms with Crippen LogP contribution in [0.2, 0.25) is 5.02 Å². The zero-order valence-corrected chi connectivity index (χ0v) is 26.4. The summed E-state index contributed by atoms with van der Waals surface area (Å²) in [6, 6.07) is 5.48. The topological polar surface area (TPSA) is 94.9 Å². The van der Waals surface area contributed by atoms with Crippen molar-refractivity contribution in [3.8, 4) is 0 Å². The van der Waals surface area contributed by atoms with Crippen molar-refractivity contribution in [1.29, 1.82) is 0 Å². The van der Waals surface area contributed by atoms with Crippen molar-refractivity contribution >= 4 is 41.7 Å². The molecule has 0 radical (unpaired) electrons. The molecule has 2 aliphatic heterocycles. The number of nitrogens with one attached hydrogen (secondary N) is 1. The number of nitrogens with zero attached hydrogens (tertiary/aromatic N) is 3. The summed E-state index contributed by atoms with van der Waals surface area (Å²) in [7, 11) is 2.78. The molecule has 1 amide bonds. The highest BCUT2D eigenvalue weighted by Gasteiger charge is 2.58. The van der Waals surface area contributed by atoms with Gasteiger partial charge in [0, 0.05) is 37.7 Å². The maximum absolute atomic E-state index is 13.5. The van der Waals surface area contributed by atoms with E-state index < -0.39 is 18.3 Å². The summed E-state index contributed by atoms with van der Waals surface area (Å²) in [5.41, 5.74) is 2.21. The lowest BCUT2D eigenvalue weighted by molar-refractivity contribution is -0.152. The third kappa shape index (κ3) is 4.88. The van der Waals surface area contributed by atoms with Crippen LogP contribution in [0.15, 0.2) is 18.2 Å². The Labute approximate surface area is 253 Å². The number of aromatic nitrogens is 2. The number of amides is 1. The highest BCUT2D eigenvalue weighted by atomic mass is 35.5. The van der Waals surface area contributed by atoms with E-state index in [0.29, 0.717) is 28.5 Å². The molecule has 11 heteroatoms. The Kier molecular flexibility index (Phi) is 7.32. The average molecular weight is 597 g/mol. The average Bonchev–Trinajstić information content (AvgIpc) is 3.67. The van der Waals surface area contributed by atoms with E-state index >= 15 is 0 Å². The Hall–Kier alpha value is -2.40. The third-order valence-corrected chi connectivity index (χ3v) is 11.3. The van der Waals surface area contributed by atoms with Crippen LogP contribution in [0.4, 0.5) is 5.69 Å². The van der Waals surface area contributed by atoms with Gasteiger partial charge in [-0.05, 0) is 84.2 Å². The Bertz CT molecular complexity index is 1400. The summed E-state index contributed by atoms with van der Waals surface area (Å²) >= 11 is 6.78. The number of rotatable bonds is 7. The van der Waals surface area contributed by atoms with Crippen LogP contribution >= 0.6 is 11.6 Å². The van der Waals surface area contributed by atoms with E-state index in [9.17, 15) is 9.59 Å². The molecule has 1 aromatic carbocycles. The van der Waals surface area contributed by atoms with Crippen LogP contribution in [0, 0.1) is 10.8 Å². The molecule has 2 aliphatic carbocycles. The summed E-state index contributed by atoms with van der Waals surface area (Å²) in [6.07, 6.45) is 6.99. The molecule has 42 heavy (non-hydrogen) atoms. The van der Waals surface area contributed by atoms with Crippen LogP contribution in [-0.2, 0) is 38.9 Å². The number of hydrogen-bond donors (Lipinski definition) is 1. The number of benzene rings is 1. The highest BCUT2D eigenvalue weighted by Crippen LogP contribution is 2.63. The van der Waals surface area contributed by atoms with E-state index in [-0.39, 0.29) is 22.7 Å². The minimum Gasteiger partial charge on any atom is -0.469 e. The standard InChI is InChI=1S/C31H42BClN4O5/c1-28(2)29(3,4)42-32(41-28)20-8-7-9-21(24(20)33)35-26(38)25-34-22-18-37(16-10-23(22)36(25)5)17-15-30-11-13-31(19-30,14-12-30)27(39)40-6/h7-9H,10-19H2,1-6H3,(H,35,38). The van der Waals surface area contributed by atoms with Gasteiger partial charge in [-0.15, -0.1) is 0 Å². The highest BCUT2D eigenvalue weighted by molar-refractivity contribution is 6.66. The molecule has 6 rings (SSSR count). The van der Waals surface area contributed by atoms with Gasteiger partial charge < -0.3 is 23.9 Å². The smallest absolute Gasteiger partial charge is 0.469 e. The molecule has 1 N–H and O–H groups in total. The van der Waals surface area contributed by atoms with Gasteiger partial charge in [0.05, 0.1) is 40.1 Å². The van der Waals surface area contributed by atoms with Crippen LogP contribution < -0.4 is 10.8 Å². The zero-order valence-electron chi connectivity index (χ0n) is 25.6. The van der Waals surface area contributed by atoms with Crippen molar-refractivity contribution in [2.75, 3.05) is 25.5 Å². The first-order chi connectivity index (χ1) is 19.8. The van der Waals surface area contributed by atoms with Crippen LogP contribution in [-0.4, -0.2) is 64.8 Å². The largest absolute Gasteiger partial charge is 0.496 e. The summed E-state index contributed by atoms with van der Waals surface area (Å²) in [5.74, 6) is 0.0401. The van der Waals surface area contributed by atoms with Crippen molar-refractivity contribution in [3.63, 3.8) is 0 Å². The van der Waals surface area contributed by atoms with Gasteiger partial charge in [-0.2, -0.15) is 0 Å². The molecule has 0 atom stereocenters. The maximum atomic E-state index is 13.5. The van der Waals surface area contributed by atoms with Crippen LogP contribution in [0.3, 0.4) is 0 Å². The molecule has 0 spiro atoms. The van der Waals surface area contributed by atoms with Gasteiger partial charge in [0.25, 0.3) is 5.91 Å². The van der Waals surface area contributed by atoms with Gasteiger partial charge >= 0.3 is 13.1 Å². The number of fused-ring (bicyclic) bond motifs is 3. The van der Waals surface area contributed by atoms with E-state index in [1.807, 2.05) is 51.4 Å². The monoisotopic (exact) mass is 596 g/mol. The molecule has 2 saturated carbocycles. The maximum Gasteiger partial charge on any atom is 0.496 e. The number of halogens is 1. The number of anilines is 1. The molecule has 2 aromatic rings. The lowest BCUT2D eigenvalue weighted by atomic mass is 9.79. The fourth-order valence-electron chi connectivity index (χ4n) is 7.51. The van der Waals surface area contributed by atoms with Gasteiger partial charge in [0.2, 0.25) is 0 Å². The van der Waals surface area contributed by atoms with Crippen molar-refractivity contribution in [3.05, 3.63) is 40.4 Å². The van der Waals surface area contributed by atoms with Gasteiger partial charge in [0.1, 0.15) is 0 Å². The molecule has 2 bridgehead atoms. The zero-order chi connectivity index (χ0) is 30.1. The third-order valence-electron chi connectivity index (χ3n) is 10.9. The van der Waals surface area contributed by atoms with Crippen molar-refractivity contribution < 1.29 is 23.6 Å². The molecular formula is C31H42BClN4O5. The SMILES string of the molecule is COC(=O)C12CCC(CCN3CCc4c(nc(C(=O)Nc5cccc(B6OC(C)(C)C(C)(C)O6)c5Cl)n4C)C3)(CC1)C2. The number of ether oxygens (including phenoxy) is 1. The van der Waals surface area contributed by atoms with E-state index in [2.05, 4.69) is 10.2 Å². The predicted molar refractivity (Wildman–Crippen MR) is 162 cm³/mol. The quantitative estimate of drug-likeness (QED) is 0.372. The van der Waals surface area contributed by atoms with Gasteiger partial charge in [-0.3, -0.25) is 14.5 Å². The normalized spacial score (nSPS) is 27.7. The molecule has 3 heterocycles. The first-order valence-electron chi connectivity index (χ1n) is 15.1. The van der Waals surface area contributed by atoms with Gasteiger partial charge in [-0.25, -0.2) is 4.98 Å². The van der Waals surface area contributed by atoms with E-state index in [1.54, 1.807) is 6.07 Å². The molecule has 9 nitrogen and oxygen atoms in total. The van der Waals surface area contributed by atoms with E-state index in [4.69, 9.17) is 30.6 Å². The number of carbonyl (C=O) groups is 2. The van der Waals surface area contributed by atoms with Crippen molar-refractivity contribution in [1.82, 2.24) is 14.5 Å². The lowest BCUT2D eigenvalue weighted by Gasteiger charge is -2.32. The summed E-state index contributed by atoms with van der Waals surface area (Å²) < 4.78 is 19.4. The molecular weight excluding hydrogens is 555 g/mol. The van der Waals surface area contributed by atoms with Crippen LogP contribution in [0.5, 0.6) is 0 Å². The van der Waals surface area contributed by atoms with E-state index in [0.717, 1.165) is 69.4 Å². The lowest BCUT2D eigenvalue weighted by Crippen LogP contribution is -2.41. The first-order valence-corrected chi connectivity index (χ1v) is 15.5. The van der Waals surface area contributed by atoms with Crippen molar-refractivity contribution in [2.45, 2.75) is 90.4 Å². The number of imidazole rings is 1. The van der Waals surface area contributed by atoms with Gasteiger partial charge in [-0.1, -0.05) is 23.7 Å². The Balaban J connectivity index is 1.11. The molecule has 0 unspecified atom stereocenters. The fraction of sp³-hybridized carbons (Fsp3) is 0.645. The molecule has 1 aromatic heterocycles. The second-order valence-electron chi connectivity index (χ2n) is 13.9. The number of carbonyl (C=O) groups excluding carboxylic acids is 2. The van der Waals surface area contributed by atoms with Gasteiger partial charge in [0.15, 0.2) is 5.82 Å². The van der Waals surface area contributed by atoms with Crippen LogP contribution in [0.1, 0.15) is 88.2 Å². The minimum atomic E-state index is -0.629. The molecule has 3 fully saturated rings. The molecule has 4 aliphatic rings. The van der Waals surface area contributed by atoms with Crippen molar-refractivity contribution in [2.24, 2.45) is 17.9 Å². The Morgan fingerprint density at radius 2 is 1.81 bits per heavy atom. The fourth-order valence-corrected chi connectivity index (χ4v) is 7.77. The van der Waals surface area contributed by atoms with E-state index in [1.165, 1.54) is 7.11 Å². The first kappa shape index (κ1) is 29.7. The summed E-state index contributed by atoms with van der Waals surface area (Å²) in [6.45, 7) is 10.6. The Morgan fingerprint density at radius 3 is 2.48 bits per heavy atom. The Morgan fingerprint density at radius 1 is 1.12 bits per heavy atom. The number of esters is 1. The number of methoxy groups -OCH3 is 1. The number of hydrogen-bond acceptors (Lipinski definition) is 7. The molecule has 1 saturated heterocycles. The predicted octanol–water partition coefficient (Wildman–Crippen LogP) is 4.50. The second-order valence-corrected chi connectivity index (χ2v) is 14.2. The summed E-state index contributed by atoms with van der Waals surface area (Å²) in [4.78, 5) is 33.1.